The first-order valence-electron chi connectivity index (χ1n) is 8.29. The Bertz CT molecular complexity index is 441. The van der Waals surface area contributed by atoms with E-state index in [2.05, 4.69) is 22.9 Å². The molecule has 1 nitrogen and oxygen atoms in total. The van der Waals surface area contributed by atoms with Crippen molar-refractivity contribution in [3.05, 3.63) is 34.1 Å². The van der Waals surface area contributed by atoms with Crippen molar-refractivity contribution < 1.29 is 4.39 Å². The van der Waals surface area contributed by atoms with Gasteiger partial charge in [0.05, 0.1) is 0 Å². The molecule has 1 saturated carbocycles. The van der Waals surface area contributed by atoms with Crippen LogP contribution in [0.4, 0.5) is 4.39 Å². The lowest BCUT2D eigenvalue weighted by Gasteiger charge is -2.32. The van der Waals surface area contributed by atoms with E-state index in [1.54, 1.807) is 12.1 Å². The highest BCUT2D eigenvalue weighted by atomic mass is 79.9. The molecule has 3 heteroatoms. The average Bonchev–Trinajstić information content (AvgIpc) is 2.49. The van der Waals surface area contributed by atoms with Crippen LogP contribution in [0.1, 0.15) is 57.4 Å². The lowest BCUT2D eigenvalue weighted by Crippen LogP contribution is -2.35. The summed E-state index contributed by atoms with van der Waals surface area (Å²) in [5.41, 5.74) is 7.40. The molecule has 1 unspecified atom stereocenters. The van der Waals surface area contributed by atoms with E-state index in [-0.39, 0.29) is 11.9 Å². The Balaban J connectivity index is 1.84. The minimum absolute atomic E-state index is 0.148. The van der Waals surface area contributed by atoms with E-state index in [9.17, 15) is 4.39 Å². The van der Waals surface area contributed by atoms with Gasteiger partial charge in [0.15, 0.2) is 0 Å². The topological polar surface area (TPSA) is 26.0 Å². The maximum atomic E-state index is 13.3. The third-order valence-electron chi connectivity index (χ3n) is 4.93. The van der Waals surface area contributed by atoms with Crippen molar-refractivity contribution in [2.24, 2.45) is 17.6 Å². The predicted octanol–water partition coefficient (Wildman–Crippen LogP) is 5.45. The number of halogens is 2. The molecule has 1 aliphatic carbocycles. The second-order valence-corrected chi connectivity index (χ2v) is 7.38. The number of hydrogen-bond acceptors (Lipinski definition) is 1. The van der Waals surface area contributed by atoms with Gasteiger partial charge in [-0.05, 0) is 54.9 Å². The fraction of sp³-hybridized carbons (Fsp3) is 0.667. The quantitative estimate of drug-likeness (QED) is 0.720. The van der Waals surface area contributed by atoms with Crippen LogP contribution in [0.15, 0.2) is 22.7 Å². The first-order chi connectivity index (χ1) is 10.1. The van der Waals surface area contributed by atoms with Crippen molar-refractivity contribution in [1.82, 2.24) is 0 Å². The van der Waals surface area contributed by atoms with Gasteiger partial charge in [-0.15, -0.1) is 0 Å². The van der Waals surface area contributed by atoms with Crippen LogP contribution >= 0.6 is 15.9 Å². The summed E-state index contributed by atoms with van der Waals surface area (Å²) in [4.78, 5) is 0. The van der Waals surface area contributed by atoms with Crippen LogP contribution in [-0.2, 0) is 6.42 Å². The molecule has 1 atom stereocenters. The fourth-order valence-electron chi connectivity index (χ4n) is 3.52. The van der Waals surface area contributed by atoms with Crippen LogP contribution in [0.5, 0.6) is 0 Å². The summed E-state index contributed by atoms with van der Waals surface area (Å²) in [5, 5.41) is 0. The zero-order valence-corrected chi connectivity index (χ0v) is 14.5. The summed E-state index contributed by atoms with van der Waals surface area (Å²) in [7, 11) is 0. The molecule has 1 aromatic rings. The first kappa shape index (κ1) is 17.0. The molecule has 0 aliphatic heterocycles. The lowest BCUT2D eigenvalue weighted by molar-refractivity contribution is 0.230. The van der Waals surface area contributed by atoms with Gasteiger partial charge in [0.2, 0.25) is 0 Å². The molecule has 21 heavy (non-hydrogen) atoms. The molecule has 0 aromatic heterocycles. The number of rotatable bonds is 6. The summed E-state index contributed by atoms with van der Waals surface area (Å²) < 4.78 is 14.3. The molecule has 2 N–H and O–H groups in total. The molecule has 1 aromatic carbocycles. The van der Waals surface area contributed by atoms with E-state index in [1.807, 2.05) is 0 Å². The summed E-state index contributed by atoms with van der Waals surface area (Å²) >= 11 is 3.50. The normalized spacial score (nSPS) is 24.0. The molecule has 0 bridgehead atoms. The Kier molecular flexibility index (Phi) is 6.69. The SMILES string of the molecule is CCCCC1CCC(C(N)Cc2cc(F)ccc2Br)CC1. The molecule has 0 heterocycles. The maximum absolute atomic E-state index is 13.3. The van der Waals surface area contributed by atoms with Gasteiger partial charge in [-0.2, -0.15) is 0 Å². The van der Waals surface area contributed by atoms with E-state index in [0.29, 0.717) is 5.92 Å². The Hall–Kier alpha value is -0.410. The molecular weight excluding hydrogens is 329 g/mol. The summed E-state index contributed by atoms with van der Waals surface area (Å²) in [6.07, 6.45) is 9.93. The molecule has 118 valence electrons. The highest BCUT2D eigenvalue weighted by molar-refractivity contribution is 9.10. The Morgan fingerprint density at radius 2 is 2.00 bits per heavy atom. The van der Waals surface area contributed by atoms with E-state index >= 15 is 0 Å². The van der Waals surface area contributed by atoms with Crippen molar-refractivity contribution in [3.8, 4) is 0 Å². The smallest absolute Gasteiger partial charge is 0.123 e. The van der Waals surface area contributed by atoms with Gasteiger partial charge < -0.3 is 5.73 Å². The molecule has 1 aliphatic rings. The van der Waals surface area contributed by atoms with Gasteiger partial charge >= 0.3 is 0 Å². The molecule has 0 radical (unpaired) electrons. The maximum Gasteiger partial charge on any atom is 0.123 e. The zero-order valence-electron chi connectivity index (χ0n) is 13.0. The molecule has 2 rings (SSSR count). The third-order valence-corrected chi connectivity index (χ3v) is 5.70. The third kappa shape index (κ3) is 5.07. The number of nitrogens with two attached hydrogens (primary N) is 1. The highest BCUT2D eigenvalue weighted by Gasteiger charge is 2.25. The number of unbranched alkanes of at least 4 members (excludes halogenated alkanes) is 1. The van der Waals surface area contributed by atoms with E-state index in [0.717, 1.165) is 22.4 Å². The second kappa shape index (κ2) is 8.28. The fourth-order valence-corrected chi connectivity index (χ4v) is 3.93. The number of benzene rings is 1. The van der Waals surface area contributed by atoms with E-state index in [1.165, 1.54) is 51.0 Å². The van der Waals surface area contributed by atoms with Crippen LogP contribution in [0.3, 0.4) is 0 Å². The van der Waals surface area contributed by atoms with Crippen molar-refractivity contribution in [1.29, 1.82) is 0 Å². The van der Waals surface area contributed by atoms with Crippen molar-refractivity contribution in [3.63, 3.8) is 0 Å². The van der Waals surface area contributed by atoms with Crippen LogP contribution in [0.25, 0.3) is 0 Å². The average molecular weight is 356 g/mol. The molecule has 1 fully saturated rings. The molecule has 0 amide bonds. The first-order valence-corrected chi connectivity index (χ1v) is 9.09. The Labute approximate surface area is 136 Å². The Morgan fingerprint density at radius 3 is 2.67 bits per heavy atom. The minimum atomic E-state index is -0.177. The summed E-state index contributed by atoms with van der Waals surface area (Å²) in [6, 6.07) is 5.02. The van der Waals surface area contributed by atoms with E-state index < -0.39 is 0 Å². The zero-order chi connectivity index (χ0) is 15.2. The van der Waals surface area contributed by atoms with Gasteiger partial charge in [0, 0.05) is 10.5 Å². The van der Waals surface area contributed by atoms with E-state index in [4.69, 9.17) is 5.73 Å². The predicted molar refractivity (Wildman–Crippen MR) is 90.8 cm³/mol. The van der Waals surface area contributed by atoms with Crippen LogP contribution in [-0.4, -0.2) is 6.04 Å². The van der Waals surface area contributed by atoms with Crippen molar-refractivity contribution >= 4 is 15.9 Å². The van der Waals surface area contributed by atoms with Gasteiger partial charge in [-0.3, -0.25) is 0 Å². The monoisotopic (exact) mass is 355 g/mol. The molecular formula is C18H27BrFN. The Morgan fingerprint density at radius 1 is 1.29 bits per heavy atom. The number of hydrogen-bond donors (Lipinski definition) is 1. The highest BCUT2D eigenvalue weighted by Crippen LogP contribution is 2.34. The van der Waals surface area contributed by atoms with Crippen molar-refractivity contribution in [2.75, 3.05) is 0 Å². The van der Waals surface area contributed by atoms with Gasteiger partial charge in [0.1, 0.15) is 5.82 Å². The molecule has 0 spiro atoms. The second-order valence-electron chi connectivity index (χ2n) is 6.53. The summed E-state index contributed by atoms with van der Waals surface area (Å²) in [6.45, 7) is 2.26. The van der Waals surface area contributed by atoms with Crippen molar-refractivity contribution in [2.45, 2.75) is 64.3 Å². The van der Waals surface area contributed by atoms with Gasteiger partial charge in [0.25, 0.3) is 0 Å². The van der Waals surface area contributed by atoms with Crippen LogP contribution in [0, 0.1) is 17.7 Å². The van der Waals surface area contributed by atoms with Crippen LogP contribution in [0.2, 0.25) is 0 Å². The largest absolute Gasteiger partial charge is 0.327 e. The van der Waals surface area contributed by atoms with Crippen LogP contribution < -0.4 is 5.73 Å². The molecule has 0 saturated heterocycles. The lowest BCUT2D eigenvalue weighted by atomic mass is 9.76. The van der Waals surface area contributed by atoms with Gasteiger partial charge in [-0.1, -0.05) is 55.0 Å². The minimum Gasteiger partial charge on any atom is -0.327 e. The standard InChI is InChI=1S/C18H27BrFN/c1-2-3-4-13-5-7-14(8-6-13)18(21)12-15-11-16(20)9-10-17(15)19/h9-11,13-14,18H,2-8,12,21H2,1H3. The van der Waals surface area contributed by atoms with Gasteiger partial charge in [-0.25, -0.2) is 4.39 Å². The summed E-state index contributed by atoms with van der Waals surface area (Å²) in [5.74, 6) is 1.33.